The highest BCUT2D eigenvalue weighted by Gasteiger charge is 2.21. The molecule has 0 aliphatic carbocycles. The molecule has 1 aromatic heterocycles. The van der Waals surface area contributed by atoms with E-state index < -0.39 is 20.2 Å². The van der Waals surface area contributed by atoms with Crippen molar-refractivity contribution in [1.82, 2.24) is 15.0 Å². The highest BCUT2D eigenvalue weighted by Crippen LogP contribution is 2.24. The van der Waals surface area contributed by atoms with E-state index in [0.29, 0.717) is 11.4 Å². The Morgan fingerprint density at radius 2 is 0.977 bits per heavy atom. The smallest absolute Gasteiger partial charge is 0.318 e. The van der Waals surface area contributed by atoms with Crippen LogP contribution in [0.25, 0.3) is 12.2 Å². The number of nitrogens with zero attached hydrogens (tertiary/aromatic N) is 3. The molecule has 0 atom stereocenters. The van der Waals surface area contributed by atoms with Crippen molar-refractivity contribution in [3.63, 3.8) is 0 Å². The zero-order valence-electron chi connectivity index (χ0n) is 22.2. The Hall–Kier alpha value is -5.15. The SMILES string of the molecule is O=S(=O)(O)c1ccccc1C=Cc1ccccc1S(=O)(=O)ONc1nc(Nc2ccccc2)nc(Nc2ccccc2)n1. The molecule has 43 heavy (non-hydrogen) atoms. The molecule has 218 valence electrons. The largest absolute Gasteiger partial charge is 0.324 e. The predicted octanol–water partition coefficient (Wildman–Crippen LogP) is 5.51. The minimum atomic E-state index is -4.50. The van der Waals surface area contributed by atoms with Crippen LogP contribution in [0.2, 0.25) is 0 Å². The molecule has 4 aromatic carbocycles. The summed E-state index contributed by atoms with van der Waals surface area (Å²) in [6, 6.07) is 29.9. The van der Waals surface area contributed by atoms with Crippen molar-refractivity contribution in [2.45, 2.75) is 9.79 Å². The molecule has 12 nitrogen and oxygen atoms in total. The topological polar surface area (TPSA) is 172 Å². The predicted molar refractivity (Wildman–Crippen MR) is 163 cm³/mol. The second-order valence-corrected chi connectivity index (χ2v) is 11.7. The van der Waals surface area contributed by atoms with Gasteiger partial charge in [-0.25, -0.2) is 5.48 Å². The summed E-state index contributed by atoms with van der Waals surface area (Å²) in [4.78, 5) is 12.3. The van der Waals surface area contributed by atoms with Gasteiger partial charge >= 0.3 is 10.1 Å². The molecule has 5 rings (SSSR count). The van der Waals surface area contributed by atoms with Gasteiger partial charge in [-0.15, -0.1) is 4.28 Å². The van der Waals surface area contributed by atoms with Gasteiger partial charge in [0.2, 0.25) is 11.9 Å². The van der Waals surface area contributed by atoms with Crippen molar-refractivity contribution in [2.75, 3.05) is 16.1 Å². The Labute approximate surface area is 248 Å². The first-order chi connectivity index (χ1) is 20.7. The maximum absolute atomic E-state index is 13.3. The fourth-order valence-corrected chi connectivity index (χ4v) is 5.48. The van der Waals surface area contributed by atoms with Gasteiger partial charge in [0.05, 0.1) is 0 Å². The van der Waals surface area contributed by atoms with Crippen LogP contribution < -0.4 is 16.1 Å². The third kappa shape index (κ3) is 7.78. The molecule has 1 heterocycles. The molecule has 0 bridgehead atoms. The molecule has 0 aliphatic heterocycles. The molecule has 0 radical (unpaired) electrons. The highest BCUT2D eigenvalue weighted by atomic mass is 32.2. The molecule has 0 aliphatic rings. The summed E-state index contributed by atoms with van der Waals surface area (Å²) in [5.41, 5.74) is 4.04. The summed E-state index contributed by atoms with van der Waals surface area (Å²) < 4.78 is 64.6. The van der Waals surface area contributed by atoms with E-state index in [4.69, 9.17) is 4.28 Å². The first-order valence-corrected chi connectivity index (χ1v) is 15.5. The molecule has 0 amide bonds. The molecule has 14 heteroatoms. The van der Waals surface area contributed by atoms with Crippen molar-refractivity contribution >= 4 is 61.6 Å². The standard InChI is InChI=1S/C29H24N6O6S2/c36-42(37,38)25-17-9-7-11-21(25)19-20-22-12-8-10-18-26(22)43(39,40)41-35-29-33-27(30-23-13-3-1-4-14-23)32-28(34-29)31-24-15-5-2-6-16-24/h1-20H,(H,36,37,38)(H3,30,31,32,33,34,35). The van der Waals surface area contributed by atoms with Gasteiger partial charge in [0, 0.05) is 11.4 Å². The third-order valence-electron chi connectivity index (χ3n) is 5.77. The van der Waals surface area contributed by atoms with Gasteiger partial charge in [0.25, 0.3) is 16.1 Å². The summed E-state index contributed by atoms with van der Waals surface area (Å²) in [6.45, 7) is 0. The van der Waals surface area contributed by atoms with Gasteiger partial charge in [-0.1, -0.05) is 84.9 Å². The summed E-state index contributed by atoms with van der Waals surface area (Å²) in [5, 5.41) is 6.08. The number of rotatable bonds is 11. The Morgan fingerprint density at radius 1 is 0.558 bits per heavy atom. The molecular weight excluding hydrogens is 592 g/mol. The first-order valence-electron chi connectivity index (χ1n) is 12.6. The van der Waals surface area contributed by atoms with E-state index in [1.54, 1.807) is 36.4 Å². The Bertz CT molecular complexity index is 1910. The van der Waals surface area contributed by atoms with Gasteiger partial charge in [-0.3, -0.25) is 4.55 Å². The molecule has 0 spiro atoms. The lowest BCUT2D eigenvalue weighted by Crippen LogP contribution is -2.16. The third-order valence-corrected chi connectivity index (χ3v) is 7.91. The van der Waals surface area contributed by atoms with Crippen LogP contribution in [0.5, 0.6) is 0 Å². The minimum Gasteiger partial charge on any atom is -0.324 e. The Morgan fingerprint density at radius 3 is 1.49 bits per heavy atom. The number of benzene rings is 4. The average molecular weight is 617 g/mol. The van der Waals surface area contributed by atoms with Crippen molar-refractivity contribution < 1.29 is 25.7 Å². The second kappa shape index (κ2) is 12.8. The lowest BCUT2D eigenvalue weighted by atomic mass is 10.1. The van der Waals surface area contributed by atoms with E-state index in [9.17, 15) is 21.4 Å². The fraction of sp³-hybridized carbons (Fsp3) is 0. The maximum Gasteiger partial charge on any atom is 0.318 e. The van der Waals surface area contributed by atoms with Crippen LogP contribution in [0, 0.1) is 0 Å². The average Bonchev–Trinajstić information content (AvgIpc) is 3.00. The van der Waals surface area contributed by atoms with Crippen LogP contribution in [-0.4, -0.2) is 36.3 Å². The summed E-state index contributed by atoms with van der Waals surface area (Å²) in [5.74, 6) is 0.0264. The number of anilines is 5. The van der Waals surface area contributed by atoms with Crippen LogP contribution in [0.1, 0.15) is 11.1 Å². The monoisotopic (exact) mass is 616 g/mol. The quantitative estimate of drug-likeness (QED) is 0.0834. The zero-order chi connectivity index (χ0) is 30.3. The van der Waals surface area contributed by atoms with Crippen LogP contribution in [0.15, 0.2) is 119 Å². The molecule has 5 aromatic rings. The maximum atomic E-state index is 13.3. The lowest BCUT2D eigenvalue weighted by molar-refractivity contribution is 0.386. The summed E-state index contributed by atoms with van der Waals surface area (Å²) >= 11 is 0. The first kappa shape index (κ1) is 29.3. The van der Waals surface area contributed by atoms with Gasteiger partial charge in [-0.05, 0) is 47.5 Å². The van der Waals surface area contributed by atoms with Gasteiger partial charge in [0.15, 0.2) is 0 Å². The van der Waals surface area contributed by atoms with E-state index >= 15 is 0 Å². The Balaban J connectivity index is 1.41. The van der Waals surface area contributed by atoms with Crippen molar-refractivity contribution in [1.29, 1.82) is 0 Å². The second-order valence-electron chi connectivity index (χ2n) is 8.81. The van der Waals surface area contributed by atoms with Gasteiger partial charge in [0.1, 0.15) is 9.79 Å². The lowest BCUT2D eigenvalue weighted by Gasteiger charge is -2.12. The number of aromatic nitrogens is 3. The summed E-state index contributed by atoms with van der Waals surface area (Å²) in [7, 11) is -8.94. The van der Waals surface area contributed by atoms with Crippen molar-refractivity contribution in [2.24, 2.45) is 0 Å². The zero-order valence-corrected chi connectivity index (χ0v) is 23.8. The molecule has 0 fully saturated rings. The number of para-hydroxylation sites is 2. The van der Waals surface area contributed by atoms with Gasteiger partial charge in [-0.2, -0.15) is 31.8 Å². The molecule has 0 saturated carbocycles. The van der Waals surface area contributed by atoms with E-state index in [1.165, 1.54) is 48.6 Å². The molecule has 0 saturated heterocycles. The normalized spacial score (nSPS) is 11.7. The van der Waals surface area contributed by atoms with E-state index in [1.807, 2.05) is 36.4 Å². The summed E-state index contributed by atoms with van der Waals surface area (Å²) in [6.07, 6.45) is 2.77. The van der Waals surface area contributed by atoms with Crippen molar-refractivity contribution in [3.05, 3.63) is 120 Å². The van der Waals surface area contributed by atoms with Crippen LogP contribution >= 0.6 is 0 Å². The van der Waals surface area contributed by atoms with E-state index in [0.717, 1.165) is 0 Å². The van der Waals surface area contributed by atoms with Crippen molar-refractivity contribution in [3.8, 4) is 0 Å². The number of hydrogen-bond acceptors (Lipinski definition) is 11. The van der Waals surface area contributed by atoms with Crippen LogP contribution in [0.4, 0.5) is 29.2 Å². The molecule has 0 unspecified atom stereocenters. The molecule has 4 N–H and O–H groups in total. The Kier molecular flexibility index (Phi) is 8.73. The minimum absolute atomic E-state index is 0.115. The van der Waals surface area contributed by atoms with E-state index in [-0.39, 0.29) is 38.8 Å². The highest BCUT2D eigenvalue weighted by molar-refractivity contribution is 7.87. The van der Waals surface area contributed by atoms with Crippen LogP contribution in [0.3, 0.4) is 0 Å². The van der Waals surface area contributed by atoms with Gasteiger partial charge < -0.3 is 10.6 Å². The number of nitrogens with one attached hydrogen (secondary N) is 3. The van der Waals surface area contributed by atoms with E-state index in [2.05, 4.69) is 31.1 Å². The molecular formula is C29H24N6O6S2. The van der Waals surface area contributed by atoms with Crippen LogP contribution in [-0.2, 0) is 24.5 Å². The fourth-order valence-electron chi connectivity index (χ4n) is 3.85. The number of hydrogen-bond donors (Lipinski definition) is 4.